The lowest BCUT2D eigenvalue weighted by Gasteiger charge is -2.00. The zero-order valence-corrected chi connectivity index (χ0v) is 8.97. The molecule has 0 spiro atoms. The molecule has 1 aromatic rings. The Morgan fingerprint density at radius 3 is 3.21 bits per heavy atom. The SMILES string of the molecule is C=CCNC(N)=NCc1ncc(C)s1. The molecule has 1 aromatic heterocycles. The zero-order chi connectivity index (χ0) is 10.4. The van der Waals surface area contributed by atoms with Crippen molar-refractivity contribution in [1.82, 2.24) is 10.3 Å². The highest BCUT2D eigenvalue weighted by Crippen LogP contribution is 2.11. The lowest BCUT2D eigenvalue weighted by atomic mass is 10.6. The molecule has 0 amide bonds. The Bertz CT molecular complexity index is 329. The van der Waals surface area contributed by atoms with E-state index in [2.05, 4.69) is 21.9 Å². The van der Waals surface area contributed by atoms with Crippen LogP contribution in [0.2, 0.25) is 0 Å². The summed E-state index contributed by atoms with van der Waals surface area (Å²) in [6, 6.07) is 0. The Morgan fingerprint density at radius 1 is 1.86 bits per heavy atom. The van der Waals surface area contributed by atoms with Gasteiger partial charge in [0.05, 0.1) is 6.54 Å². The normalized spacial score (nSPS) is 11.4. The molecule has 3 N–H and O–H groups in total. The summed E-state index contributed by atoms with van der Waals surface area (Å²) in [5, 5.41) is 3.87. The highest BCUT2D eigenvalue weighted by Gasteiger charge is 1.96. The molecule has 0 aromatic carbocycles. The van der Waals surface area contributed by atoms with Gasteiger partial charge in [0.1, 0.15) is 5.01 Å². The molecule has 0 aliphatic carbocycles. The highest BCUT2D eigenvalue weighted by atomic mass is 32.1. The van der Waals surface area contributed by atoms with Crippen LogP contribution in [-0.4, -0.2) is 17.5 Å². The third-order valence-electron chi connectivity index (χ3n) is 1.48. The van der Waals surface area contributed by atoms with Crippen LogP contribution < -0.4 is 11.1 Å². The summed E-state index contributed by atoms with van der Waals surface area (Å²) in [5.74, 6) is 0.428. The minimum absolute atomic E-state index is 0.428. The molecule has 14 heavy (non-hydrogen) atoms. The van der Waals surface area contributed by atoms with Gasteiger partial charge in [-0.25, -0.2) is 9.98 Å². The molecule has 0 saturated heterocycles. The lowest BCUT2D eigenvalue weighted by molar-refractivity contribution is 0.961. The number of guanidine groups is 1. The van der Waals surface area contributed by atoms with Crippen molar-refractivity contribution in [3.8, 4) is 0 Å². The summed E-state index contributed by atoms with van der Waals surface area (Å²) in [6.07, 6.45) is 3.57. The second kappa shape index (κ2) is 5.39. The highest BCUT2D eigenvalue weighted by molar-refractivity contribution is 7.11. The molecule has 5 heteroatoms. The average Bonchev–Trinajstić information content (AvgIpc) is 2.58. The Balaban J connectivity index is 2.41. The van der Waals surface area contributed by atoms with Crippen molar-refractivity contribution in [1.29, 1.82) is 0 Å². The molecule has 0 bridgehead atoms. The summed E-state index contributed by atoms with van der Waals surface area (Å²) in [5.41, 5.74) is 5.58. The fraction of sp³-hybridized carbons (Fsp3) is 0.333. The van der Waals surface area contributed by atoms with Gasteiger partial charge in [0.2, 0.25) is 0 Å². The molecule has 0 saturated carbocycles. The molecular weight excluding hydrogens is 196 g/mol. The predicted octanol–water partition coefficient (Wildman–Crippen LogP) is 1.04. The molecule has 1 rings (SSSR count). The number of nitrogens with one attached hydrogen (secondary N) is 1. The molecule has 0 atom stereocenters. The summed E-state index contributed by atoms with van der Waals surface area (Å²) in [4.78, 5) is 9.49. The van der Waals surface area contributed by atoms with Gasteiger partial charge in [-0.05, 0) is 6.92 Å². The van der Waals surface area contributed by atoms with Crippen LogP contribution >= 0.6 is 11.3 Å². The third kappa shape index (κ3) is 3.57. The number of nitrogens with zero attached hydrogens (tertiary/aromatic N) is 2. The van der Waals surface area contributed by atoms with E-state index in [0.29, 0.717) is 19.0 Å². The maximum absolute atomic E-state index is 5.58. The Hall–Kier alpha value is -1.36. The van der Waals surface area contributed by atoms with E-state index in [1.807, 2.05) is 13.1 Å². The van der Waals surface area contributed by atoms with E-state index < -0.39 is 0 Å². The minimum atomic E-state index is 0.428. The maximum Gasteiger partial charge on any atom is 0.189 e. The van der Waals surface area contributed by atoms with Crippen LogP contribution in [0.5, 0.6) is 0 Å². The van der Waals surface area contributed by atoms with Crippen molar-refractivity contribution < 1.29 is 0 Å². The number of nitrogens with two attached hydrogens (primary N) is 1. The van der Waals surface area contributed by atoms with Crippen molar-refractivity contribution >= 4 is 17.3 Å². The predicted molar refractivity (Wildman–Crippen MR) is 60.4 cm³/mol. The number of aliphatic imine (C=N–C) groups is 1. The van der Waals surface area contributed by atoms with Crippen LogP contribution in [0.4, 0.5) is 0 Å². The second-order valence-electron chi connectivity index (χ2n) is 2.74. The molecule has 0 aliphatic rings. The van der Waals surface area contributed by atoms with Gasteiger partial charge in [-0.15, -0.1) is 17.9 Å². The first-order chi connectivity index (χ1) is 6.72. The minimum Gasteiger partial charge on any atom is -0.370 e. The number of thiazole rings is 1. The first kappa shape index (κ1) is 10.7. The molecule has 0 aliphatic heterocycles. The van der Waals surface area contributed by atoms with Gasteiger partial charge in [0.25, 0.3) is 0 Å². The van der Waals surface area contributed by atoms with E-state index >= 15 is 0 Å². The first-order valence-electron chi connectivity index (χ1n) is 4.28. The maximum atomic E-state index is 5.58. The van der Waals surface area contributed by atoms with Gasteiger partial charge in [0, 0.05) is 17.6 Å². The summed E-state index contributed by atoms with van der Waals surface area (Å²) in [6.45, 7) is 6.76. The second-order valence-corrected chi connectivity index (χ2v) is 4.06. The molecule has 1 heterocycles. The van der Waals surface area contributed by atoms with Gasteiger partial charge in [-0.3, -0.25) is 0 Å². The molecule has 76 valence electrons. The van der Waals surface area contributed by atoms with Crippen LogP contribution in [0.1, 0.15) is 9.88 Å². The standard InChI is InChI=1S/C9H14N4S/c1-3-4-11-9(10)13-6-8-12-5-7(2)14-8/h3,5H,1,4,6H2,2H3,(H3,10,11,13). The average molecular weight is 210 g/mol. The van der Waals surface area contributed by atoms with Crippen molar-refractivity contribution in [2.24, 2.45) is 10.7 Å². The number of hydrogen-bond acceptors (Lipinski definition) is 3. The Kier molecular flexibility index (Phi) is 4.12. The summed E-state index contributed by atoms with van der Waals surface area (Å²) < 4.78 is 0. The van der Waals surface area contributed by atoms with E-state index in [4.69, 9.17) is 5.73 Å². The van der Waals surface area contributed by atoms with Gasteiger partial charge in [-0.1, -0.05) is 6.08 Å². The Labute approximate surface area is 87.6 Å². The van der Waals surface area contributed by atoms with Crippen molar-refractivity contribution in [3.05, 3.63) is 28.7 Å². The quantitative estimate of drug-likeness (QED) is 0.443. The van der Waals surface area contributed by atoms with Crippen LogP contribution in [-0.2, 0) is 6.54 Å². The first-order valence-corrected chi connectivity index (χ1v) is 5.10. The smallest absolute Gasteiger partial charge is 0.189 e. The monoisotopic (exact) mass is 210 g/mol. The van der Waals surface area contributed by atoms with E-state index in [1.54, 1.807) is 17.4 Å². The van der Waals surface area contributed by atoms with E-state index in [-0.39, 0.29) is 0 Å². The number of aryl methyl sites for hydroxylation is 1. The van der Waals surface area contributed by atoms with Crippen molar-refractivity contribution in [2.75, 3.05) is 6.54 Å². The fourth-order valence-corrected chi connectivity index (χ4v) is 1.57. The number of aromatic nitrogens is 1. The molecule has 0 fully saturated rings. The zero-order valence-electron chi connectivity index (χ0n) is 8.16. The van der Waals surface area contributed by atoms with Crippen molar-refractivity contribution in [3.63, 3.8) is 0 Å². The van der Waals surface area contributed by atoms with Gasteiger partial charge < -0.3 is 11.1 Å². The topological polar surface area (TPSA) is 63.3 Å². The molecule has 0 radical (unpaired) electrons. The van der Waals surface area contributed by atoms with Crippen LogP contribution in [0.25, 0.3) is 0 Å². The van der Waals surface area contributed by atoms with Gasteiger partial charge >= 0.3 is 0 Å². The molecule has 4 nitrogen and oxygen atoms in total. The van der Waals surface area contributed by atoms with Gasteiger partial charge in [-0.2, -0.15) is 0 Å². The largest absolute Gasteiger partial charge is 0.370 e. The fourth-order valence-electron chi connectivity index (χ4n) is 0.860. The summed E-state index contributed by atoms with van der Waals surface area (Å²) >= 11 is 1.63. The Morgan fingerprint density at radius 2 is 2.64 bits per heavy atom. The lowest BCUT2D eigenvalue weighted by Crippen LogP contribution is -2.31. The number of rotatable bonds is 4. The summed E-state index contributed by atoms with van der Waals surface area (Å²) in [7, 11) is 0. The third-order valence-corrected chi connectivity index (χ3v) is 2.38. The van der Waals surface area contributed by atoms with Crippen molar-refractivity contribution in [2.45, 2.75) is 13.5 Å². The van der Waals surface area contributed by atoms with Crippen LogP contribution in [0.15, 0.2) is 23.8 Å². The van der Waals surface area contributed by atoms with E-state index in [0.717, 1.165) is 5.01 Å². The van der Waals surface area contributed by atoms with E-state index in [9.17, 15) is 0 Å². The van der Waals surface area contributed by atoms with Gasteiger partial charge in [0.15, 0.2) is 5.96 Å². The molecular formula is C9H14N4S. The molecule has 0 unspecified atom stereocenters. The van der Waals surface area contributed by atoms with Crippen LogP contribution in [0, 0.1) is 6.92 Å². The number of hydrogen-bond donors (Lipinski definition) is 2. The van der Waals surface area contributed by atoms with E-state index in [1.165, 1.54) is 4.88 Å². The van der Waals surface area contributed by atoms with Crippen LogP contribution in [0.3, 0.4) is 0 Å².